The summed E-state index contributed by atoms with van der Waals surface area (Å²) in [4.78, 5) is 38.0. The van der Waals surface area contributed by atoms with Crippen molar-refractivity contribution in [3.63, 3.8) is 0 Å². The summed E-state index contributed by atoms with van der Waals surface area (Å²) >= 11 is 0. The van der Waals surface area contributed by atoms with Crippen LogP contribution >= 0.6 is 0 Å². The largest absolute Gasteiger partial charge is 0.462 e. The molecule has 0 aromatic heterocycles. The molecule has 0 saturated heterocycles. The molecule has 372 valence electrons. The smallest absolute Gasteiger partial charge is 0.306 e. The second-order valence-electron chi connectivity index (χ2n) is 17.3. The lowest BCUT2D eigenvalue weighted by atomic mass is 10.1. The first-order chi connectivity index (χ1) is 32.5. The fraction of sp³-hybridized carbons (Fsp3) is 0.617. The van der Waals surface area contributed by atoms with Gasteiger partial charge < -0.3 is 14.2 Å². The summed E-state index contributed by atoms with van der Waals surface area (Å²) in [6.45, 7) is 6.37. The number of hydrogen-bond acceptors (Lipinski definition) is 6. The van der Waals surface area contributed by atoms with Crippen molar-refractivity contribution in [2.45, 2.75) is 226 Å². The van der Waals surface area contributed by atoms with Gasteiger partial charge in [0.05, 0.1) is 0 Å². The van der Waals surface area contributed by atoms with E-state index in [0.717, 1.165) is 96.3 Å². The van der Waals surface area contributed by atoms with Crippen LogP contribution in [0.15, 0.2) is 122 Å². The van der Waals surface area contributed by atoms with E-state index >= 15 is 0 Å². The van der Waals surface area contributed by atoms with Gasteiger partial charge in [-0.05, 0) is 89.9 Å². The molecule has 0 spiro atoms. The first kappa shape index (κ1) is 61.8. The lowest BCUT2D eigenvalue weighted by Crippen LogP contribution is -2.30. The summed E-state index contributed by atoms with van der Waals surface area (Å²) in [5.74, 6) is -1.00. The van der Waals surface area contributed by atoms with Crippen LogP contribution in [0.25, 0.3) is 0 Å². The third-order valence-electron chi connectivity index (χ3n) is 10.9. The van der Waals surface area contributed by atoms with E-state index in [1.807, 2.05) is 60.8 Å². The Hall–Kier alpha value is -4.19. The highest BCUT2D eigenvalue weighted by molar-refractivity contribution is 5.71. The quantitative estimate of drug-likeness (QED) is 0.0262. The Morgan fingerprint density at radius 2 is 0.591 bits per heavy atom. The summed E-state index contributed by atoms with van der Waals surface area (Å²) in [7, 11) is 0. The molecule has 6 heteroatoms. The maximum atomic E-state index is 12.8. The molecule has 0 aliphatic heterocycles. The van der Waals surface area contributed by atoms with Crippen LogP contribution in [0.4, 0.5) is 0 Å². The molecule has 0 fully saturated rings. The number of rotatable bonds is 46. The van der Waals surface area contributed by atoms with Gasteiger partial charge in [-0.3, -0.25) is 14.4 Å². The van der Waals surface area contributed by atoms with E-state index in [2.05, 4.69) is 81.5 Å². The van der Waals surface area contributed by atoms with Gasteiger partial charge in [0.1, 0.15) is 13.2 Å². The number of carbonyl (C=O) groups is 3. The number of ether oxygens (including phenoxy) is 3. The first-order valence-electron chi connectivity index (χ1n) is 26.7. The molecule has 0 radical (unpaired) electrons. The molecule has 0 rings (SSSR count). The van der Waals surface area contributed by atoms with E-state index in [1.165, 1.54) is 83.5 Å². The summed E-state index contributed by atoms with van der Waals surface area (Å²) in [6.07, 6.45) is 73.2. The maximum absolute atomic E-state index is 12.8. The maximum Gasteiger partial charge on any atom is 0.306 e. The lowest BCUT2D eigenvalue weighted by molar-refractivity contribution is -0.167. The highest BCUT2D eigenvalue weighted by atomic mass is 16.6. The molecule has 1 unspecified atom stereocenters. The van der Waals surface area contributed by atoms with E-state index < -0.39 is 6.10 Å². The molecular weight excluding hydrogens is 817 g/mol. The minimum absolute atomic E-state index is 0.113. The van der Waals surface area contributed by atoms with E-state index in [-0.39, 0.29) is 37.5 Å². The zero-order valence-electron chi connectivity index (χ0n) is 42.4. The van der Waals surface area contributed by atoms with Crippen molar-refractivity contribution >= 4 is 17.9 Å². The molecule has 0 N–H and O–H groups in total. The molecule has 0 aliphatic rings. The Labute approximate surface area is 405 Å². The van der Waals surface area contributed by atoms with Gasteiger partial charge in [-0.2, -0.15) is 0 Å². The fourth-order valence-electron chi connectivity index (χ4n) is 6.87. The Kier molecular flexibility index (Phi) is 50.0. The van der Waals surface area contributed by atoms with Gasteiger partial charge in [0.15, 0.2) is 6.10 Å². The molecule has 0 amide bonds. The van der Waals surface area contributed by atoms with E-state index in [9.17, 15) is 14.4 Å². The monoisotopic (exact) mass is 913 g/mol. The predicted molar refractivity (Wildman–Crippen MR) is 283 cm³/mol. The summed E-state index contributed by atoms with van der Waals surface area (Å²) in [6, 6.07) is 0. The second kappa shape index (κ2) is 53.4. The second-order valence-corrected chi connectivity index (χ2v) is 17.3. The van der Waals surface area contributed by atoms with Gasteiger partial charge in [0, 0.05) is 19.3 Å². The van der Waals surface area contributed by atoms with Gasteiger partial charge >= 0.3 is 17.9 Å². The van der Waals surface area contributed by atoms with Crippen molar-refractivity contribution in [2.24, 2.45) is 0 Å². The van der Waals surface area contributed by atoms with Crippen molar-refractivity contribution in [3.8, 4) is 0 Å². The van der Waals surface area contributed by atoms with Crippen LogP contribution in [0.1, 0.15) is 220 Å². The minimum atomic E-state index is -0.819. The Balaban J connectivity index is 4.57. The molecule has 0 saturated carbocycles. The molecule has 0 heterocycles. The SMILES string of the molecule is CC\C=C/C=C\C=C/C=C\C=C\C=C/CCCCCC(=O)OCC(COC(=O)CCCCCCCC/C=C\C=C/CCCCC)OC(=O)CCCCC/C=C\C=C/CCCCCCCCC. The van der Waals surface area contributed by atoms with Crippen molar-refractivity contribution in [1.29, 1.82) is 0 Å². The Morgan fingerprint density at radius 1 is 0.318 bits per heavy atom. The normalized spacial score (nSPS) is 13.1. The number of carbonyl (C=O) groups excluding carboxylic acids is 3. The Morgan fingerprint density at radius 3 is 0.985 bits per heavy atom. The van der Waals surface area contributed by atoms with Gasteiger partial charge in [0.2, 0.25) is 0 Å². The summed E-state index contributed by atoms with van der Waals surface area (Å²) in [5.41, 5.74) is 0. The number of allylic oxidation sites excluding steroid dienone is 20. The standard InChI is InChI=1S/C60H96O6/c1-4-7-10-13-16-19-22-25-28-30-33-35-38-41-44-47-50-53-59(62)65-56-57(55-64-58(61)52-49-46-43-40-37-34-31-27-24-21-18-15-12-9-6-3)66-60(63)54-51-48-45-42-39-36-32-29-26-23-20-17-14-11-8-5-2/h7,10,13,16,18-19,21-22,24-25,27-30,32-33,35-36,38-39,57H,4-6,8-9,11-12,14-15,17,20,23,26,31,34,37,40-56H2,1-3H3/b10-7-,16-13-,21-18-,22-19-,27-24-,28-25-,32-29-,33-30+,38-35-,39-36-. The van der Waals surface area contributed by atoms with Crippen LogP contribution in [0, 0.1) is 0 Å². The van der Waals surface area contributed by atoms with Crippen LogP contribution in [0.2, 0.25) is 0 Å². The van der Waals surface area contributed by atoms with Gasteiger partial charge in [0.25, 0.3) is 0 Å². The van der Waals surface area contributed by atoms with Crippen LogP contribution < -0.4 is 0 Å². The molecule has 0 aromatic rings. The fourth-order valence-corrected chi connectivity index (χ4v) is 6.87. The van der Waals surface area contributed by atoms with Crippen molar-refractivity contribution in [2.75, 3.05) is 13.2 Å². The molecule has 6 nitrogen and oxygen atoms in total. The topological polar surface area (TPSA) is 78.9 Å². The number of esters is 3. The average molecular weight is 913 g/mol. The van der Waals surface area contributed by atoms with Gasteiger partial charge in [-0.1, -0.05) is 232 Å². The molecule has 0 aromatic carbocycles. The predicted octanol–water partition coefficient (Wildman–Crippen LogP) is 17.7. The van der Waals surface area contributed by atoms with Crippen LogP contribution in [-0.4, -0.2) is 37.2 Å². The molecule has 0 bridgehead atoms. The zero-order valence-corrected chi connectivity index (χ0v) is 42.4. The van der Waals surface area contributed by atoms with Crippen molar-refractivity contribution in [1.82, 2.24) is 0 Å². The van der Waals surface area contributed by atoms with Gasteiger partial charge in [-0.15, -0.1) is 0 Å². The first-order valence-corrected chi connectivity index (χ1v) is 26.7. The highest BCUT2D eigenvalue weighted by Gasteiger charge is 2.19. The van der Waals surface area contributed by atoms with Crippen molar-refractivity contribution in [3.05, 3.63) is 122 Å². The van der Waals surface area contributed by atoms with Crippen LogP contribution in [0.5, 0.6) is 0 Å². The molecule has 66 heavy (non-hydrogen) atoms. The van der Waals surface area contributed by atoms with Crippen LogP contribution in [-0.2, 0) is 28.6 Å². The summed E-state index contributed by atoms with van der Waals surface area (Å²) < 4.78 is 16.8. The third-order valence-corrected chi connectivity index (χ3v) is 10.9. The highest BCUT2D eigenvalue weighted by Crippen LogP contribution is 2.13. The lowest BCUT2D eigenvalue weighted by Gasteiger charge is -2.18. The average Bonchev–Trinajstić information content (AvgIpc) is 3.31. The molecule has 1 atom stereocenters. The van der Waals surface area contributed by atoms with E-state index in [4.69, 9.17) is 14.2 Å². The summed E-state index contributed by atoms with van der Waals surface area (Å²) in [5, 5.41) is 0. The molecule has 0 aliphatic carbocycles. The number of hydrogen-bond donors (Lipinski definition) is 0. The van der Waals surface area contributed by atoms with Gasteiger partial charge in [-0.25, -0.2) is 0 Å². The third kappa shape index (κ3) is 50.8. The van der Waals surface area contributed by atoms with Crippen LogP contribution in [0.3, 0.4) is 0 Å². The molecular formula is C60H96O6. The minimum Gasteiger partial charge on any atom is -0.462 e. The number of unbranched alkanes of at least 4 members (excludes halogenated alkanes) is 22. The zero-order chi connectivity index (χ0) is 47.9. The van der Waals surface area contributed by atoms with Crippen molar-refractivity contribution < 1.29 is 28.6 Å². The van der Waals surface area contributed by atoms with E-state index in [0.29, 0.717) is 12.8 Å². The van der Waals surface area contributed by atoms with E-state index in [1.54, 1.807) is 0 Å². The Bertz CT molecular complexity index is 1420.